The van der Waals surface area contributed by atoms with Crippen LogP contribution in [0.25, 0.3) is 0 Å². The predicted octanol–water partition coefficient (Wildman–Crippen LogP) is 2.29. The van der Waals surface area contributed by atoms with Crippen LogP contribution in [0, 0.1) is 5.92 Å². The number of aryl methyl sites for hydroxylation is 1. The number of carbonyl (C=O) groups excluding carboxylic acids is 2. The van der Waals surface area contributed by atoms with Gasteiger partial charge in [0.25, 0.3) is 0 Å². The minimum atomic E-state index is -0.529. The molecule has 1 aromatic rings. The van der Waals surface area contributed by atoms with Gasteiger partial charge in [0.1, 0.15) is 0 Å². The topological polar surface area (TPSA) is 58.2 Å². The lowest BCUT2D eigenvalue weighted by atomic mass is 10.1. The Labute approximate surface area is 127 Å². The van der Waals surface area contributed by atoms with Gasteiger partial charge in [-0.1, -0.05) is 44.2 Å². The van der Waals surface area contributed by atoms with E-state index in [4.69, 9.17) is 0 Å². The first kappa shape index (κ1) is 17.2. The van der Waals surface area contributed by atoms with Crippen molar-refractivity contribution in [2.75, 3.05) is 13.1 Å². The normalized spacial score (nSPS) is 10.4. The van der Waals surface area contributed by atoms with E-state index in [-0.39, 0.29) is 0 Å². The first-order valence-corrected chi connectivity index (χ1v) is 7.69. The molecule has 0 aliphatic heterocycles. The molecular formula is C17H26N2O2. The van der Waals surface area contributed by atoms with Crippen molar-refractivity contribution in [3.63, 3.8) is 0 Å². The molecule has 2 N–H and O–H groups in total. The maximum atomic E-state index is 11.5. The van der Waals surface area contributed by atoms with Crippen molar-refractivity contribution in [2.24, 2.45) is 5.92 Å². The van der Waals surface area contributed by atoms with Gasteiger partial charge in [0.15, 0.2) is 0 Å². The fraction of sp³-hybridized carbons (Fsp3) is 0.529. The maximum Gasteiger partial charge on any atom is 0.309 e. The van der Waals surface area contributed by atoms with E-state index in [2.05, 4.69) is 36.6 Å². The lowest BCUT2D eigenvalue weighted by Gasteiger charge is -2.08. The van der Waals surface area contributed by atoms with Crippen molar-refractivity contribution < 1.29 is 9.59 Å². The van der Waals surface area contributed by atoms with Crippen molar-refractivity contribution in [1.29, 1.82) is 0 Å². The summed E-state index contributed by atoms with van der Waals surface area (Å²) in [6.45, 7) is 5.26. The average Bonchev–Trinajstić information content (AvgIpc) is 2.47. The minimum absolute atomic E-state index is 0.520. The monoisotopic (exact) mass is 290 g/mol. The Morgan fingerprint density at radius 2 is 1.57 bits per heavy atom. The molecule has 0 aliphatic carbocycles. The number of rotatable bonds is 8. The van der Waals surface area contributed by atoms with Crippen molar-refractivity contribution in [3.8, 4) is 0 Å². The Hall–Kier alpha value is -1.84. The van der Waals surface area contributed by atoms with Gasteiger partial charge in [-0.15, -0.1) is 0 Å². The third-order valence-corrected chi connectivity index (χ3v) is 3.23. The van der Waals surface area contributed by atoms with Crippen LogP contribution in [0.4, 0.5) is 0 Å². The van der Waals surface area contributed by atoms with E-state index in [9.17, 15) is 9.59 Å². The van der Waals surface area contributed by atoms with Crippen molar-refractivity contribution >= 4 is 11.8 Å². The summed E-state index contributed by atoms with van der Waals surface area (Å²) < 4.78 is 0. The maximum absolute atomic E-state index is 11.5. The zero-order valence-corrected chi connectivity index (χ0v) is 13.0. The van der Waals surface area contributed by atoms with Crippen LogP contribution in [0.2, 0.25) is 0 Å². The lowest BCUT2D eigenvalue weighted by molar-refractivity contribution is -0.139. The zero-order valence-electron chi connectivity index (χ0n) is 13.0. The summed E-state index contributed by atoms with van der Waals surface area (Å²) >= 11 is 0. The fourth-order valence-corrected chi connectivity index (χ4v) is 1.94. The zero-order chi connectivity index (χ0) is 15.5. The second kappa shape index (κ2) is 9.97. The first-order valence-electron chi connectivity index (χ1n) is 7.69. The highest BCUT2D eigenvalue weighted by Crippen LogP contribution is 2.03. The van der Waals surface area contributed by atoms with Gasteiger partial charge in [0.05, 0.1) is 0 Å². The van der Waals surface area contributed by atoms with Crippen LogP contribution in [-0.4, -0.2) is 24.9 Å². The van der Waals surface area contributed by atoms with Crippen LogP contribution >= 0.6 is 0 Å². The van der Waals surface area contributed by atoms with E-state index in [1.165, 1.54) is 5.56 Å². The summed E-state index contributed by atoms with van der Waals surface area (Å²) in [6.07, 6.45) is 3.76. The van der Waals surface area contributed by atoms with E-state index < -0.39 is 11.8 Å². The standard InChI is InChI=1S/C17H26N2O2/c1-14(2)11-13-19-17(21)16(20)18-12-7-6-10-15-8-4-3-5-9-15/h3-5,8-9,14H,6-7,10-13H2,1-2H3,(H,18,20)(H,19,21). The summed E-state index contributed by atoms with van der Waals surface area (Å²) in [5.74, 6) is -0.538. The molecule has 0 atom stereocenters. The van der Waals surface area contributed by atoms with Crippen molar-refractivity contribution in [1.82, 2.24) is 10.6 Å². The molecule has 0 aliphatic rings. The molecule has 0 aromatic heterocycles. The molecule has 0 unspecified atom stereocenters. The molecule has 0 spiro atoms. The van der Waals surface area contributed by atoms with Crippen LogP contribution in [0.15, 0.2) is 30.3 Å². The molecule has 21 heavy (non-hydrogen) atoms. The molecule has 4 nitrogen and oxygen atoms in total. The summed E-state index contributed by atoms with van der Waals surface area (Å²) in [6, 6.07) is 10.3. The third kappa shape index (κ3) is 8.12. The summed E-state index contributed by atoms with van der Waals surface area (Å²) in [7, 11) is 0. The SMILES string of the molecule is CC(C)CCNC(=O)C(=O)NCCCCc1ccccc1. The van der Waals surface area contributed by atoms with Crippen LogP contribution in [0.3, 0.4) is 0 Å². The van der Waals surface area contributed by atoms with Gasteiger partial charge in [-0.3, -0.25) is 9.59 Å². The van der Waals surface area contributed by atoms with E-state index in [1.807, 2.05) is 18.2 Å². The minimum Gasteiger partial charge on any atom is -0.348 e. The molecule has 0 radical (unpaired) electrons. The van der Waals surface area contributed by atoms with Gasteiger partial charge in [-0.05, 0) is 37.2 Å². The van der Waals surface area contributed by atoms with E-state index in [1.54, 1.807) is 0 Å². The Bertz CT molecular complexity index is 430. The molecular weight excluding hydrogens is 264 g/mol. The van der Waals surface area contributed by atoms with E-state index >= 15 is 0 Å². The molecule has 2 amide bonds. The van der Waals surface area contributed by atoms with Gasteiger partial charge in [0, 0.05) is 13.1 Å². The van der Waals surface area contributed by atoms with Crippen molar-refractivity contribution in [3.05, 3.63) is 35.9 Å². The highest BCUT2D eigenvalue weighted by Gasteiger charge is 2.11. The fourth-order valence-electron chi connectivity index (χ4n) is 1.94. The molecule has 0 bridgehead atoms. The first-order chi connectivity index (χ1) is 10.1. The number of carbonyl (C=O) groups is 2. The Kier molecular flexibility index (Phi) is 8.17. The summed E-state index contributed by atoms with van der Waals surface area (Å²) in [4.78, 5) is 23.0. The van der Waals surface area contributed by atoms with Crippen LogP contribution in [-0.2, 0) is 16.0 Å². The Morgan fingerprint density at radius 3 is 2.19 bits per heavy atom. The largest absolute Gasteiger partial charge is 0.348 e. The van der Waals surface area contributed by atoms with Gasteiger partial charge in [0.2, 0.25) is 0 Å². The summed E-state index contributed by atoms with van der Waals surface area (Å²) in [5.41, 5.74) is 1.30. The smallest absolute Gasteiger partial charge is 0.309 e. The van der Waals surface area contributed by atoms with Gasteiger partial charge in [-0.2, -0.15) is 0 Å². The third-order valence-electron chi connectivity index (χ3n) is 3.23. The van der Waals surface area contributed by atoms with Crippen LogP contribution in [0.5, 0.6) is 0 Å². The lowest BCUT2D eigenvalue weighted by Crippen LogP contribution is -2.40. The highest BCUT2D eigenvalue weighted by molar-refractivity contribution is 6.35. The molecule has 116 valence electrons. The van der Waals surface area contributed by atoms with E-state index in [0.29, 0.717) is 19.0 Å². The molecule has 0 saturated heterocycles. The molecule has 1 rings (SSSR count). The number of benzene rings is 1. The molecule has 0 heterocycles. The molecule has 0 saturated carbocycles. The molecule has 1 aromatic carbocycles. The van der Waals surface area contributed by atoms with Crippen LogP contribution in [0.1, 0.15) is 38.7 Å². The number of hydrogen-bond donors (Lipinski definition) is 2. The predicted molar refractivity (Wildman–Crippen MR) is 84.9 cm³/mol. The number of amides is 2. The molecule has 0 fully saturated rings. The van der Waals surface area contributed by atoms with Gasteiger partial charge < -0.3 is 10.6 Å². The van der Waals surface area contributed by atoms with E-state index in [0.717, 1.165) is 25.7 Å². The Morgan fingerprint density at radius 1 is 0.952 bits per heavy atom. The Balaban J connectivity index is 2.06. The molecule has 4 heteroatoms. The highest BCUT2D eigenvalue weighted by atomic mass is 16.2. The van der Waals surface area contributed by atoms with Gasteiger partial charge >= 0.3 is 11.8 Å². The number of hydrogen-bond acceptors (Lipinski definition) is 2. The average molecular weight is 290 g/mol. The second-order valence-electron chi connectivity index (χ2n) is 5.64. The number of unbranched alkanes of at least 4 members (excludes halogenated alkanes) is 1. The second-order valence-corrected chi connectivity index (χ2v) is 5.64. The van der Waals surface area contributed by atoms with Gasteiger partial charge in [-0.25, -0.2) is 0 Å². The van der Waals surface area contributed by atoms with Crippen molar-refractivity contribution in [2.45, 2.75) is 39.5 Å². The van der Waals surface area contributed by atoms with Crippen LogP contribution < -0.4 is 10.6 Å². The summed E-state index contributed by atoms with van der Waals surface area (Å²) in [5, 5.41) is 5.29. The quantitative estimate of drug-likeness (QED) is 0.570. The number of nitrogens with one attached hydrogen (secondary N) is 2.